The summed E-state index contributed by atoms with van der Waals surface area (Å²) in [5.41, 5.74) is 1.81. The van der Waals surface area contributed by atoms with Crippen LogP contribution in [0.1, 0.15) is 24.2 Å². The van der Waals surface area contributed by atoms with E-state index in [2.05, 4.69) is 18.8 Å². The van der Waals surface area contributed by atoms with E-state index in [1.54, 1.807) is 0 Å². The van der Waals surface area contributed by atoms with E-state index < -0.39 is 0 Å². The van der Waals surface area contributed by atoms with Crippen molar-refractivity contribution in [3.8, 4) is 0 Å². The molecule has 1 aromatic carbocycles. The van der Waals surface area contributed by atoms with Crippen LogP contribution in [0.2, 0.25) is 0 Å². The molecule has 100 valence electrons. The topological polar surface area (TPSA) is 36.1 Å². The molecule has 2 atom stereocenters. The predicted molar refractivity (Wildman–Crippen MR) is 80.7 cm³/mol. The molecule has 1 saturated heterocycles. The van der Waals surface area contributed by atoms with E-state index in [9.17, 15) is 4.79 Å². The number of carbonyl (C=O) groups excluding carboxylic acids is 1. The van der Waals surface area contributed by atoms with E-state index >= 15 is 0 Å². The van der Waals surface area contributed by atoms with Crippen molar-refractivity contribution in [2.45, 2.75) is 24.3 Å². The summed E-state index contributed by atoms with van der Waals surface area (Å²) in [6.45, 7) is 6.07. The van der Waals surface area contributed by atoms with Gasteiger partial charge in [0, 0.05) is 40.9 Å². The molecule has 1 N–H and O–H groups in total. The van der Waals surface area contributed by atoms with E-state index in [1.807, 2.05) is 47.1 Å². The Morgan fingerprint density at radius 1 is 1.26 bits per heavy atom. The van der Waals surface area contributed by atoms with Crippen molar-refractivity contribution in [2.75, 3.05) is 13.1 Å². The standard InChI is InChI=1S/C15H18N2OS/c1-10-8-17(9-11(2)19-10)15(18)13-4-3-12-5-6-16-14(12)7-13/h3-7,10-11,16H,8-9H2,1-2H3. The van der Waals surface area contributed by atoms with Crippen molar-refractivity contribution in [2.24, 2.45) is 0 Å². The number of aromatic amines is 1. The van der Waals surface area contributed by atoms with E-state index in [4.69, 9.17) is 0 Å². The average molecular weight is 274 g/mol. The number of carbonyl (C=O) groups is 1. The first-order chi connectivity index (χ1) is 9.13. The summed E-state index contributed by atoms with van der Waals surface area (Å²) in [6, 6.07) is 7.90. The predicted octanol–water partition coefficient (Wildman–Crippen LogP) is 3.13. The number of hydrogen-bond acceptors (Lipinski definition) is 2. The van der Waals surface area contributed by atoms with Gasteiger partial charge in [0.2, 0.25) is 0 Å². The highest BCUT2D eigenvalue weighted by Gasteiger charge is 2.26. The number of rotatable bonds is 1. The highest BCUT2D eigenvalue weighted by Crippen LogP contribution is 2.26. The summed E-state index contributed by atoms with van der Waals surface area (Å²) in [4.78, 5) is 17.7. The fraction of sp³-hybridized carbons (Fsp3) is 0.400. The number of thioether (sulfide) groups is 1. The number of nitrogens with one attached hydrogen (secondary N) is 1. The molecule has 3 rings (SSSR count). The minimum Gasteiger partial charge on any atom is -0.361 e. The lowest BCUT2D eigenvalue weighted by molar-refractivity contribution is 0.0753. The van der Waals surface area contributed by atoms with Gasteiger partial charge in [-0.05, 0) is 23.6 Å². The molecule has 2 unspecified atom stereocenters. The molecule has 0 bridgehead atoms. The number of hydrogen-bond donors (Lipinski definition) is 1. The number of benzene rings is 1. The quantitative estimate of drug-likeness (QED) is 0.867. The zero-order valence-corrected chi connectivity index (χ0v) is 12.0. The molecule has 3 nitrogen and oxygen atoms in total. The Morgan fingerprint density at radius 3 is 2.74 bits per heavy atom. The third-order valence-electron chi connectivity index (χ3n) is 3.51. The lowest BCUT2D eigenvalue weighted by Crippen LogP contribution is -2.44. The Balaban J connectivity index is 1.86. The van der Waals surface area contributed by atoms with Crippen molar-refractivity contribution in [1.82, 2.24) is 9.88 Å². The summed E-state index contributed by atoms with van der Waals surface area (Å²) >= 11 is 1.96. The van der Waals surface area contributed by atoms with E-state index in [0.717, 1.165) is 29.6 Å². The van der Waals surface area contributed by atoms with Crippen LogP contribution >= 0.6 is 11.8 Å². The second-order valence-electron chi connectivity index (χ2n) is 5.25. The zero-order valence-electron chi connectivity index (χ0n) is 11.2. The van der Waals surface area contributed by atoms with Crippen LogP contribution in [-0.4, -0.2) is 39.4 Å². The minimum atomic E-state index is 0.149. The van der Waals surface area contributed by atoms with Crippen LogP contribution in [0.25, 0.3) is 10.9 Å². The number of aromatic nitrogens is 1. The molecule has 1 aliphatic rings. The van der Waals surface area contributed by atoms with Gasteiger partial charge < -0.3 is 9.88 Å². The Kier molecular flexibility index (Phi) is 3.27. The fourth-order valence-corrected chi connectivity index (χ4v) is 4.03. The summed E-state index contributed by atoms with van der Waals surface area (Å²) in [5.74, 6) is 0.149. The van der Waals surface area contributed by atoms with E-state index in [-0.39, 0.29) is 5.91 Å². The largest absolute Gasteiger partial charge is 0.361 e. The van der Waals surface area contributed by atoms with Crippen molar-refractivity contribution in [3.63, 3.8) is 0 Å². The molecule has 1 aromatic heterocycles. The van der Waals surface area contributed by atoms with Crippen LogP contribution in [0.15, 0.2) is 30.5 Å². The molecule has 2 heterocycles. The maximum Gasteiger partial charge on any atom is 0.254 e. The van der Waals surface area contributed by atoms with Crippen LogP contribution in [0, 0.1) is 0 Å². The van der Waals surface area contributed by atoms with E-state index in [1.165, 1.54) is 0 Å². The second-order valence-corrected chi connectivity index (χ2v) is 7.13. The molecule has 1 amide bonds. The number of amides is 1. The van der Waals surface area contributed by atoms with Gasteiger partial charge in [0.05, 0.1) is 0 Å². The first-order valence-electron chi connectivity index (χ1n) is 6.65. The second kappa shape index (κ2) is 4.93. The van der Waals surface area contributed by atoms with Crippen LogP contribution < -0.4 is 0 Å². The normalized spacial score (nSPS) is 23.8. The number of H-pyrrole nitrogens is 1. The van der Waals surface area contributed by atoms with Crippen LogP contribution in [-0.2, 0) is 0 Å². The SMILES string of the molecule is CC1CN(C(=O)c2ccc3cc[nH]c3c2)CC(C)S1. The minimum absolute atomic E-state index is 0.149. The molecule has 2 aromatic rings. The molecule has 0 spiro atoms. The highest BCUT2D eigenvalue weighted by molar-refractivity contribution is 8.00. The van der Waals surface area contributed by atoms with Crippen molar-refractivity contribution in [1.29, 1.82) is 0 Å². The average Bonchev–Trinajstić information content (AvgIpc) is 2.83. The monoisotopic (exact) mass is 274 g/mol. The number of fused-ring (bicyclic) bond motifs is 1. The molecule has 1 aliphatic heterocycles. The molecule has 1 fully saturated rings. The first-order valence-corrected chi connectivity index (χ1v) is 7.59. The van der Waals surface area contributed by atoms with Gasteiger partial charge in [-0.15, -0.1) is 0 Å². The lowest BCUT2D eigenvalue weighted by Gasteiger charge is -2.34. The van der Waals surface area contributed by atoms with Gasteiger partial charge in [0.1, 0.15) is 0 Å². The molecule has 0 saturated carbocycles. The highest BCUT2D eigenvalue weighted by atomic mass is 32.2. The van der Waals surface area contributed by atoms with Crippen molar-refractivity contribution in [3.05, 3.63) is 36.0 Å². The van der Waals surface area contributed by atoms with Crippen LogP contribution in [0.3, 0.4) is 0 Å². The maximum atomic E-state index is 12.6. The smallest absolute Gasteiger partial charge is 0.254 e. The fourth-order valence-electron chi connectivity index (χ4n) is 2.71. The van der Waals surface area contributed by atoms with Gasteiger partial charge in [0.15, 0.2) is 0 Å². The van der Waals surface area contributed by atoms with Crippen molar-refractivity contribution >= 4 is 28.6 Å². The van der Waals surface area contributed by atoms with Crippen LogP contribution in [0.4, 0.5) is 0 Å². The van der Waals surface area contributed by atoms with Crippen LogP contribution in [0.5, 0.6) is 0 Å². The Morgan fingerprint density at radius 2 is 2.00 bits per heavy atom. The lowest BCUT2D eigenvalue weighted by atomic mass is 10.1. The zero-order chi connectivity index (χ0) is 13.4. The molecule has 19 heavy (non-hydrogen) atoms. The van der Waals surface area contributed by atoms with Gasteiger partial charge in [-0.2, -0.15) is 11.8 Å². The molecule has 4 heteroatoms. The summed E-state index contributed by atoms with van der Waals surface area (Å²) < 4.78 is 0. The number of nitrogens with zero attached hydrogens (tertiary/aromatic N) is 1. The van der Waals surface area contributed by atoms with E-state index in [0.29, 0.717) is 10.5 Å². The van der Waals surface area contributed by atoms with Gasteiger partial charge in [-0.25, -0.2) is 0 Å². The van der Waals surface area contributed by atoms with Gasteiger partial charge in [0.25, 0.3) is 5.91 Å². The third-order valence-corrected chi connectivity index (χ3v) is 4.74. The maximum absolute atomic E-state index is 12.6. The van der Waals surface area contributed by atoms with Gasteiger partial charge in [-0.1, -0.05) is 19.9 Å². The van der Waals surface area contributed by atoms with Gasteiger partial charge in [-0.3, -0.25) is 4.79 Å². The summed E-state index contributed by atoms with van der Waals surface area (Å²) in [7, 11) is 0. The van der Waals surface area contributed by atoms with Crippen molar-refractivity contribution < 1.29 is 4.79 Å². The molecule has 0 radical (unpaired) electrons. The summed E-state index contributed by atoms with van der Waals surface area (Å²) in [5, 5.41) is 2.18. The first kappa shape index (κ1) is 12.6. The third kappa shape index (κ3) is 2.50. The van der Waals surface area contributed by atoms with Gasteiger partial charge >= 0.3 is 0 Å². The molecular formula is C15H18N2OS. The Hall–Kier alpha value is -1.42. The Labute approximate surface area is 117 Å². The Bertz CT molecular complexity index is 597. The summed E-state index contributed by atoms with van der Waals surface area (Å²) in [6.07, 6.45) is 1.90. The molecular weight excluding hydrogens is 256 g/mol. The molecule has 0 aliphatic carbocycles.